The molecule has 0 saturated heterocycles. The van der Waals surface area contributed by atoms with Crippen LogP contribution in [0.5, 0.6) is 0 Å². The Morgan fingerprint density at radius 1 is 1.59 bits per heavy atom. The highest BCUT2D eigenvalue weighted by Gasteiger charge is 1.96. The molecule has 88 valence electrons. The molecule has 0 aromatic carbocycles. The summed E-state index contributed by atoms with van der Waals surface area (Å²) in [6.45, 7) is 2.15. The van der Waals surface area contributed by atoms with Crippen LogP contribution < -0.4 is 5.32 Å². The normalized spacial score (nSPS) is 11.1. The molecule has 0 unspecified atom stereocenters. The molecule has 0 radical (unpaired) electrons. The first-order chi connectivity index (χ1) is 8.25. The number of carbonyl (C=O) groups excluding carboxylic acids is 1. The second-order valence-electron chi connectivity index (χ2n) is 3.68. The van der Waals surface area contributed by atoms with Gasteiger partial charge >= 0.3 is 0 Å². The first kappa shape index (κ1) is 11.3. The SMILES string of the molecule is CC(=O)NCCC=Cc1cnc2[nH]ccc2n1. The highest BCUT2D eigenvalue weighted by Crippen LogP contribution is 2.07. The molecule has 0 bridgehead atoms. The molecule has 2 heterocycles. The molecule has 5 heteroatoms. The molecule has 2 N–H and O–H groups in total. The Balaban J connectivity index is 1.93. The maximum Gasteiger partial charge on any atom is 0.216 e. The number of H-pyrrole nitrogens is 1. The number of nitrogens with zero attached hydrogens (tertiary/aromatic N) is 2. The van der Waals surface area contributed by atoms with E-state index in [2.05, 4.69) is 20.3 Å². The van der Waals surface area contributed by atoms with E-state index < -0.39 is 0 Å². The highest BCUT2D eigenvalue weighted by molar-refractivity contribution is 5.73. The topological polar surface area (TPSA) is 70.7 Å². The standard InChI is InChI=1S/C12H14N4O/c1-9(17)13-6-3-2-4-10-8-15-12-11(16-10)5-7-14-12/h2,4-5,7-8H,3,6H2,1H3,(H,13,17)(H,14,15). The molecule has 2 aromatic heterocycles. The summed E-state index contributed by atoms with van der Waals surface area (Å²) in [5, 5.41) is 2.73. The van der Waals surface area contributed by atoms with E-state index in [1.54, 1.807) is 6.20 Å². The number of hydrogen-bond donors (Lipinski definition) is 2. The van der Waals surface area contributed by atoms with Gasteiger partial charge < -0.3 is 10.3 Å². The number of amides is 1. The van der Waals surface area contributed by atoms with Crippen molar-refractivity contribution in [3.05, 3.63) is 30.2 Å². The maximum atomic E-state index is 10.6. The van der Waals surface area contributed by atoms with Crippen molar-refractivity contribution < 1.29 is 4.79 Å². The summed E-state index contributed by atoms with van der Waals surface area (Å²) in [4.78, 5) is 22.3. The lowest BCUT2D eigenvalue weighted by Gasteiger charge is -1.97. The fourth-order valence-electron chi connectivity index (χ4n) is 1.46. The fourth-order valence-corrected chi connectivity index (χ4v) is 1.46. The molecule has 2 aromatic rings. The minimum absolute atomic E-state index is 0.00747. The van der Waals surface area contributed by atoms with Gasteiger partial charge in [0.05, 0.1) is 11.9 Å². The van der Waals surface area contributed by atoms with Gasteiger partial charge in [0, 0.05) is 19.7 Å². The van der Waals surface area contributed by atoms with Crippen LogP contribution in [0.25, 0.3) is 17.2 Å². The predicted molar refractivity (Wildman–Crippen MR) is 66.2 cm³/mol. The van der Waals surface area contributed by atoms with Crippen molar-refractivity contribution in [1.82, 2.24) is 20.3 Å². The van der Waals surface area contributed by atoms with Crippen molar-refractivity contribution in [2.75, 3.05) is 6.54 Å². The molecule has 17 heavy (non-hydrogen) atoms. The zero-order valence-electron chi connectivity index (χ0n) is 9.60. The smallest absolute Gasteiger partial charge is 0.216 e. The van der Waals surface area contributed by atoms with Crippen molar-refractivity contribution >= 4 is 23.1 Å². The van der Waals surface area contributed by atoms with Gasteiger partial charge in [0.2, 0.25) is 5.91 Å². The highest BCUT2D eigenvalue weighted by atomic mass is 16.1. The molecule has 0 atom stereocenters. The third kappa shape index (κ3) is 3.14. The summed E-state index contributed by atoms with van der Waals surface area (Å²) in [6.07, 6.45) is 8.19. The van der Waals surface area contributed by atoms with Crippen LogP contribution >= 0.6 is 0 Å². The van der Waals surface area contributed by atoms with Crippen molar-refractivity contribution in [3.8, 4) is 0 Å². The maximum absolute atomic E-state index is 10.6. The van der Waals surface area contributed by atoms with Gasteiger partial charge in [-0.15, -0.1) is 0 Å². The number of carbonyl (C=O) groups is 1. The molecule has 0 aliphatic rings. The van der Waals surface area contributed by atoms with Crippen LogP contribution in [-0.4, -0.2) is 27.4 Å². The van der Waals surface area contributed by atoms with Crippen LogP contribution in [0.4, 0.5) is 0 Å². The molecule has 0 fully saturated rings. The Hall–Kier alpha value is -2.17. The van der Waals surface area contributed by atoms with Gasteiger partial charge in [-0.2, -0.15) is 0 Å². The van der Waals surface area contributed by atoms with Gasteiger partial charge in [0.1, 0.15) is 5.52 Å². The second-order valence-corrected chi connectivity index (χ2v) is 3.68. The van der Waals surface area contributed by atoms with Crippen LogP contribution in [0.15, 0.2) is 24.5 Å². The van der Waals surface area contributed by atoms with Crippen molar-refractivity contribution in [3.63, 3.8) is 0 Å². The average Bonchev–Trinajstić information content (AvgIpc) is 2.75. The van der Waals surface area contributed by atoms with Crippen LogP contribution in [-0.2, 0) is 4.79 Å². The number of fused-ring (bicyclic) bond motifs is 1. The summed E-state index contributed by atoms with van der Waals surface area (Å²) < 4.78 is 0. The summed E-state index contributed by atoms with van der Waals surface area (Å²) >= 11 is 0. The van der Waals surface area contributed by atoms with Crippen molar-refractivity contribution in [2.24, 2.45) is 0 Å². The van der Waals surface area contributed by atoms with Gasteiger partial charge in [0.15, 0.2) is 5.65 Å². The van der Waals surface area contributed by atoms with E-state index in [-0.39, 0.29) is 5.91 Å². The summed E-state index contributed by atoms with van der Waals surface area (Å²) in [6, 6.07) is 1.89. The first-order valence-electron chi connectivity index (χ1n) is 5.47. The molecule has 0 spiro atoms. The number of aromatic nitrogens is 3. The zero-order chi connectivity index (χ0) is 12.1. The second kappa shape index (κ2) is 5.25. The van der Waals surface area contributed by atoms with Crippen LogP contribution in [0.2, 0.25) is 0 Å². The van der Waals surface area contributed by atoms with Crippen LogP contribution in [0.1, 0.15) is 19.0 Å². The van der Waals surface area contributed by atoms with Gasteiger partial charge in [0.25, 0.3) is 0 Å². The van der Waals surface area contributed by atoms with E-state index in [1.165, 1.54) is 6.92 Å². The quantitative estimate of drug-likeness (QED) is 0.782. The van der Waals surface area contributed by atoms with Gasteiger partial charge in [-0.3, -0.25) is 4.79 Å². The molecule has 5 nitrogen and oxygen atoms in total. The fraction of sp³-hybridized carbons (Fsp3) is 0.250. The number of rotatable bonds is 4. The molecule has 2 rings (SSSR count). The van der Waals surface area contributed by atoms with Crippen molar-refractivity contribution in [2.45, 2.75) is 13.3 Å². The third-order valence-corrected chi connectivity index (χ3v) is 2.25. The van der Waals surface area contributed by atoms with E-state index >= 15 is 0 Å². The van der Waals surface area contributed by atoms with E-state index in [1.807, 2.05) is 24.4 Å². The Kier molecular flexibility index (Phi) is 3.49. The van der Waals surface area contributed by atoms with Crippen LogP contribution in [0, 0.1) is 0 Å². The number of hydrogen-bond acceptors (Lipinski definition) is 3. The lowest BCUT2D eigenvalue weighted by molar-refractivity contribution is -0.118. The van der Waals surface area contributed by atoms with Crippen LogP contribution in [0.3, 0.4) is 0 Å². The molecular formula is C12H14N4O. The lowest BCUT2D eigenvalue weighted by Crippen LogP contribution is -2.20. The average molecular weight is 230 g/mol. The minimum atomic E-state index is -0.00747. The zero-order valence-corrected chi connectivity index (χ0v) is 9.60. The minimum Gasteiger partial charge on any atom is -0.356 e. The Bertz CT molecular complexity index is 544. The number of aromatic amines is 1. The van der Waals surface area contributed by atoms with Gasteiger partial charge in [-0.1, -0.05) is 6.08 Å². The summed E-state index contributed by atoms with van der Waals surface area (Å²) in [5.41, 5.74) is 2.47. The Morgan fingerprint density at radius 2 is 2.47 bits per heavy atom. The van der Waals surface area contributed by atoms with E-state index in [9.17, 15) is 4.79 Å². The van der Waals surface area contributed by atoms with E-state index in [0.29, 0.717) is 6.54 Å². The van der Waals surface area contributed by atoms with Gasteiger partial charge in [-0.25, -0.2) is 9.97 Å². The van der Waals surface area contributed by atoms with E-state index in [4.69, 9.17) is 0 Å². The van der Waals surface area contributed by atoms with Crippen molar-refractivity contribution in [1.29, 1.82) is 0 Å². The summed E-state index contributed by atoms with van der Waals surface area (Å²) in [7, 11) is 0. The Morgan fingerprint density at radius 3 is 3.29 bits per heavy atom. The lowest BCUT2D eigenvalue weighted by atomic mass is 10.3. The molecule has 0 saturated carbocycles. The van der Waals surface area contributed by atoms with Gasteiger partial charge in [-0.05, 0) is 18.6 Å². The first-order valence-corrected chi connectivity index (χ1v) is 5.47. The molecule has 1 amide bonds. The molecule has 0 aliphatic carbocycles. The predicted octanol–water partition coefficient (Wildman–Crippen LogP) is 1.50. The third-order valence-electron chi connectivity index (χ3n) is 2.25. The Labute approximate surface area is 99.0 Å². The van der Waals surface area contributed by atoms with E-state index in [0.717, 1.165) is 23.3 Å². The molecular weight excluding hydrogens is 216 g/mol. The molecule has 0 aliphatic heterocycles. The largest absolute Gasteiger partial charge is 0.356 e. The number of nitrogens with one attached hydrogen (secondary N) is 2. The summed E-state index contributed by atoms with van der Waals surface area (Å²) in [5.74, 6) is -0.00747. The monoisotopic (exact) mass is 230 g/mol.